The lowest BCUT2D eigenvalue weighted by molar-refractivity contribution is -0.118. The molecule has 2 bridgehead atoms. The number of hydrogen-bond donors (Lipinski definition) is 2. The zero-order valence-corrected chi connectivity index (χ0v) is 10.9. The van der Waals surface area contributed by atoms with Crippen molar-refractivity contribution in [3.63, 3.8) is 0 Å². The summed E-state index contributed by atoms with van der Waals surface area (Å²) in [5, 5.41) is 6.57. The highest BCUT2D eigenvalue weighted by atomic mass is 16.2. The van der Waals surface area contributed by atoms with Crippen molar-refractivity contribution in [1.29, 1.82) is 0 Å². The van der Waals surface area contributed by atoms with Gasteiger partial charge in [0.2, 0.25) is 5.91 Å². The molecule has 0 aromatic heterocycles. The normalized spacial score (nSPS) is 36.1. The van der Waals surface area contributed by atoms with E-state index < -0.39 is 0 Å². The molecule has 4 aliphatic rings. The summed E-state index contributed by atoms with van der Waals surface area (Å²) in [6.45, 7) is 3.56. The van der Waals surface area contributed by atoms with Crippen molar-refractivity contribution in [2.45, 2.75) is 24.9 Å². The zero-order valence-electron chi connectivity index (χ0n) is 10.9. The summed E-state index contributed by atoms with van der Waals surface area (Å²) >= 11 is 0. The van der Waals surface area contributed by atoms with E-state index >= 15 is 0 Å². The van der Waals surface area contributed by atoms with E-state index in [0.717, 1.165) is 23.7 Å². The maximum Gasteiger partial charge on any atom is 0.246 e. The Morgan fingerprint density at radius 2 is 2.00 bits per heavy atom. The van der Waals surface area contributed by atoms with Crippen molar-refractivity contribution in [2.24, 2.45) is 5.92 Å². The largest absolute Gasteiger partial charge is 0.324 e. The number of piperidine rings is 3. The number of hydrogen-bond acceptors (Lipinski definition) is 3. The summed E-state index contributed by atoms with van der Waals surface area (Å²) in [6, 6.07) is 8.30. The molecule has 1 aromatic carbocycles. The minimum atomic E-state index is -0.165. The maximum atomic E-state index is 12.1. The van der Waals surface area contributed by atoms with E-state index in [-0.39, 0.29) is 11.9 Å². The van der Waals surface area contributed by atoms with E-state index in [1.165, 1.54) is 25.9 Å². The van der Waals surface area contributed by atoms with Gasteiger partial charge in [0.05, 0.1) is 0 Å². The molecule has 1 aromatic rings. The molecule has 0 radical (unpaired) electrons. The van der Waals surface area contributed by atoms with Crippen molar-refractivity contribution >= 4 is 11.6 Å². The van der Waals surface area contributed by atoms with Crippen LogP contribution in [0.4, 0.5) is 5.69 Å². The van der Waals surface area contributed by atoms with Crippen molar-refractivity contribution in [3.05, 3.63) is 29.8 Å². The monoisotopic (exact) mass is 257 g/mol. The molecule has 3 saturated heterocycles. The van der Waals surface area contributed by atoms with Gasteiger partial charge in [0.1, 0.15) is 6.04 Å². The van der Waals surface area contributed by atoms with Gasteiger partial charge >= 0.3 is 0 Å². The van der Waals surface area contributed by atoms with Crippen LogP contribution < -0.4 is 10.6 Å². The number of benzene rings is 1. The van der Waals surface area contributed by atoms with Gasteiger partial charge < -0.3 is 10.2 Å². The lowest BCUT2D eigenvalue weighted by Gasteiger charge is -2.45. The molecule has 4 heterocycles. The second kappa shape index (κ2) is 4.32. The molecular formula is C15H19N3O. The van der Waals surface area contributed by atoms with Gasteiger partial charge in [-0.1, -0.05) is 18.2 Å². The molecule has 1 amide bonds. The molecule has 3 fully saturated rings. The Balaban J connectivity index is 1.55. The van der Waals surface area contributed by atoms with E-state index in [4.69, 9.17) is 0 Å². The Hall–Kier alpha value is -1.39. The second-order valence-corrected chi connectivity index (χ2v) is 5.92. The Labute approximate surface area is 113 Å². The molecular weight excluding hydrogens is 238 g/mol. The number of para-hydroxylation sites is 1. The molecule has 0 saturated carbocycles. The van der Waals surface area contributed by atoms with E-state index in [2.05, 4.69) is 15.5 Å². The first-order chi connectivity index (χ1) is 9.31. The first-order valence-electron chi connectivity index (χ1n) is 7.19. The highest BCUT2D eigenvalue weighted by molar-refractivity contribution is 6.02. The molecule has 100 valence electrons. The SMILES string of the molecule is O=C1Nc2ccccc2C1NC1CN2CCC1CC2. The van der Waals surface area contributed by atoms with Crippen molar-refractivity contribution < 1.29 is 4.79 Å². The Morgan fingerprint density at radius 3 is 2.74 bits per heavy atom. The van der Waals surface area contributed by atoms with Crippen molar-refractivity contribution in [3.8, 4) is 0 Å². The number of carbonyl (C=O) groups excluding carboxylic acids is 1. The minimum absolute atomic E-state index is 0.0950. The molecule has 2 unspecified atom stereocenters. The molecule has 2 atom stereocenters. The zero-order chi connectivity index (χ0) is 12.8. The Morgan fingerprint density at radius 1 is 1.21 bits per heavy atom. The number of rotatable bonds is 2. The smallest absolute Gasteiger partial charge is 0.246 e. The molecule has 5 rings (SSSR count). The number of amides is 1. The standard InChI is InChI=1S/C15H19N3O/c19-15-14(11-3-1-2-4-12(11)17-15)16-13-9-18-7-5-10(13)6-8-18/h1-4,10,13-14,16H,5-9H2,(H,17,19). The summed E-state index contributed by atoms with van der Waals surface area (Å²) in [5.41, 5.74) is 2.07. The van der Waals surface area contributed by atoms with Crippen LogP contribution >= 0.6 is 0 Å². The van der Waals surface area contributed by atoms with Crippen molar-refractivity contribution in [1.82, 2.24) is 10.2 Å². The van der Waals surface area contributed by atoms with E-state index in [9.17, 15) is 4.79 Å². The van der Waals surface area contributed by atoms with Gasteiger partial charge in [-0.25, -0.2) is 0 Å². The predicted molar refractivity (Wildman–Crippen MR) is 73.9 cm³/mol. The first-order valence-corrected chi connectivity index (χ1v) is 7.19. The van der Waals surface area contributed by atoms with Crippen LogP contribution in [0.2, 0.25) is 0 Å². The van der Waals surface area contributed by atoms with Crippen LogP contribution in [-0.4, -0.2) is 36.5 Å². The van der Waals surface area contributed by atoms with Gasteiger partial charge in [-0.2, -0.15) is 0 Å². The Bertz CT molecular complexity index is 508. The molecule has 4 aliphatic heterocycles. The average Bonchev–Trinajstić information content (AvgIpc) is 2.77. The van der Waals surface area contributed by atoms with E-state index in [0.29, 0.717) is 6.04 Å². The highest BCUT2D eigenvalue weighted by Crippen LogP contribution is 2.34. The van der Waals surface area contributed by atoms with Gasteiger partial charge in [0.25, 0.3) is 0 Å². The molecule has 19 heavy (non-hydrogen) atoms. The molecule has 4 nitrogen and oxygen atoms in total. The third-order valence-corrected chi connectivity index (χ3v) is 4.83. The average molecular weight is 257 g/mol. The fourth-order valence-electron chi connectivity index (χ4n) is 3.74. The van der Waals surface area contributed by atoms with Gasteiger partial charge in [0, 0.05) is 23.8 Å². The fourth-order valence-corrected chi connectivity index (χ4v) is 3.74. The predicted octanol–water partition coefficient (Wildman–Crippen LogP) is 1.36. The van der Waals surface area contributed by atoms with Crippen LogP contribution in [-0.2, 0) is 4.79 Å². The summed E-state index contributed by atoms with van der Waals surface area (Å²) in [4.78, 5) is 14.6. The highest BCUT2D eigenvalue weighted by Gasteiger charge is 2.38. The number of nitrogens with zero attached hydrogens (tertiary/aromatic N) is 1. The lowest BCUT2D eigenvalue weighted by atomic mass is 9.83. The lowest BCUT2D eigenvalue weighted by Crippen LogP contribution is -2.57. The number of carbonyl (C=O) groups is 1. The minimum Gasteiger partial charge on any atom is -0.324 e. The van der Waals surface area contributed by atoms with Gasteiger partial charge in [-0.05, 0) is 37.9 Å². The summed E-state index contributed by atoms with van der Waals surface area (Å²) in [5.74, 6) is 0.836. The molecule has 4 heteroatoms. The molecule has 0 spiro atoms. The van der Waals surface area contributed by atoms with Crippen LogP contribution in [0, 0.1) is 5.92 Å². The molecule has 0 aliphatic carbocycles. The third kappa shape index (κ3) is 1.86. The van der Waals surface area contributed by atoms with E-state index in [1.807, 2.05) is 24.3 Å². The maximum absolute atomic E-state index is 12.1. The van der Waals surface area contributed by atoms with Crippen LogP contribution in [0.3, 0.4) is 0 Å². The third-order valence-electron chi connectivity index (χ3n) is 4.83. The number of nitrogens with one attached hydrogen (secondary N) is 2. The van der Waals surface area contributed by atoms with Crippen LogP contribution in [0.25, 0.3) is 0 Å². The van der Waals surface area contributed by atoms with E-state index in [1.54, 1.807) is 0 Å². The number of fused-ring (bicyclic) bond motifs is 4. The summed E-state index contributed by atoms with van der Waals surface area (Å²) in [6.07, 6.45) is 2.54. The molecule has 2 N–H and O–H groups in total. The van der Waals surface area contributed by atoms with Crippen molar-refractivity contribution in [2.75, 3.05) is 25.0 Å². The topological polar surface area (TPSA) is 44.4 Å². The quantitative estimate of drug-likeness (QED) is 0.841. The van der Waals surface area contributed by atoms with Gasteiger partial charge in [0.15, 0.2) is 0 Å². The summed E-state index contributed by atoms with van der Waals surface area (Å²) < 4.78 is 0. The fraction of sp³-hybridized carbons (Fsp3) is 0.533. The second-order valence-electron chi connectivity index (χ2n) is 5.92. The number of anilines is 1. The summed E-state index contributed by atoms with van der Waals surface area (Å²) in [7, 11) is 0. The Kier molecular flexibility index (Phi) is 2.60. The van der Waals surface area contributed by atoms with Gasteiger partial charge in [-0.15, -0.1) is 0 Å². The van der Waals surface area contributed by atoms with Crippen LogP contribution in [0.15, 0.2) is 24.3 Å². The first kappa shape index (κ1) is 11.4. The van der Waals surface area contributed by atoms with Crippen LogP contribution in [0.1, 0.15) is 24.4 Å². The van der Waals surface area contributed by atoms with Crippen LogP contribution in [0.5, 0.6) is 0 Å². The van der Waals surface area contributed by atoms with Gasteiger partial charge in [-0.3, -0.25) is 10.1 Å².